The molecule has 4 rings (SSSR count). The van der Waals surface area contributed by atoms with E-state index in [4.69, 9.17) is 10.5 Å². The maximum Gasteiger partial charge on any atom is 0.239 e. The number of methoxy groups -OCH3 is 1. The Bertz CT molecular complexity index is 1140. The van der Waals surface area contributed by atoms with Crippen LogP contribution in [0.2, 0.25) is 0 Å². The van der Waals surface area contributed by atoms with Crippen molar-refractivity contribution >= 4 is 28.4 Å². The van der Waals surface area contributed by atoms with E-state index in [0.29, 0.717) is 34.4 Å². The van der Waals surface area contributed by atoms with Crippen molar-refractivity contribution in [1.82, 2.24) is 19.5 Å². The van der Waals surface area contributed by atoms with Gasteiger partial charge in [0.25, 0.3) is 0 Å². The number of ether oxygens (including phenoxy) is 1. The van der Waals surface area contributed by atoms with Crippen LogP contribution in [0.3, 0.4) is 0 Å². The average Bonchev–Trinajstić information content (AvgIpc) is 2.96. The average molecular weight is 364 g/mol. The summed E-state index contributed by atoms with van der Waals surface area (Å²) in [7, 11) is 1.59. The highest BCUT2D eigenvalue weighted by Gasteiger charge is 2.14. The molecule has 7 nitrogen and oxygen atoms in total. The van der Waals surface area contributed by atoms with Gasteiger partial charge in [-0.3, -0.25) is 4.57 Å². The Morgan fingerprint density at radius 2 is 1.89 bits per heavy atom. The molecule has 0 fully saturated rings. The Morgan fingerprint density at radius 1 is 1.07 bits per heavy atom. The Morgan fingerprint density at radius 3 is 2.70 bits per heavy atom. The standard InChI is InChI=1S/C19H17FN6O/c1-11-22-13-8-7-12(20)9-15(13)26(11)19-24-17(21)10-18(25-19)23-14-5-3-4-6-16(14)27-2/h3-10H,1-2H3,(H3,21,23,24,25). The fourth-order valence-corrected chi connectivity index (χ4v) is 2.92. The molecule has 0 saturated carbocycles. The molecule has 0 aliphatic carbocycles. The van der Waals surface area contributed by atoms with E-state index >= 15 is 0 Å². The normalized spacial score (nSPS) is 10.9. The van der Waals surface area contributed by atoms with Crippen LogP contribution in [0.15, 0.2) is 48.5 Å². The summed E-state index contributed by atoms with van der Waals surface area (Å²) >= 11 is 0. The molecule has 3 N–H and O–H groups in total. The molecule has 0 bridgehead atoms. The number of benzene rings is 2. The maximum absolute atomic E-state index is 13.7. The third-order valence-corrected chi connectivity index (χ3v) is 4.09. The number of nitrogen functional groups attached to an aromatic ring is 1. The number of nitrogens with one attached hydrogen (secondary N) is 1. The highest BCUT2D eigenvalue weighted by molar-refractivity contribution is 5.78. The van der Waals surface area contributed by atoms with Gasteiger partial charge in [0, 0.05) is 12.1 Å². The third kappa shape index (κ3) is 3.12. The number of fused-ring (bicyclic) bond motifs is 1. The quantitative estimate of drug-likeness (QED) is 0.575. The van der Waals surface area contributed by atoms with Crippen LogP contribution in [0.5, 0.6) is 5.75 Å². The number of hydrogen-bond acceptors (Lipinski definition) is 6. The van der Waals surface area contributed by atoms with Crippen molar-refractivity contribution in [3.63, 3.8) is 0 Å². The summed E-state index contributed by atoms with van der Waals surface area (Å²) in [6.07, 6.45) is 0. The van der Waals surface area contributed by atoms with E-state index in [1.54, 1.807) is 30.7 Å². The van der Waals surface area contributed by atoms with E-state index in [0.717, 1.165) is 5.69 Å². The molecule has 2 aromatic heterocycles. The van der Waals surface area contributed by atoms with Crippen LogP contribution < -0.4 is 15.8 Å². The zero-order valence-electron chi connectivity index (χ0n) is 14.8. The predicted molar refractivity (Wildman–Crippen MR) is 102 cm³/mol. The van der Waals surface area contributed by atoms with Crippen LogP contribution in [0.25, 0.3) is 17.0 Å². The van der Waals surface area contributed by atoms with Gasteiger partial charge in [-0.15, -0.1) is 0 Å². The third-order valence-electron chi connectivity index (χ3n) is 4.09. The fourth-order valence-electron chi connectivity index (χ4n) is 2.92. The van der Waals surface area contributed by atoms with E-state index in [2.05, 4.69) is 20.3 Å². The first-order chi connectivity index (χ1) is 13.0. The topological polar surface area (TPSA) is 90.9 Å². The summed E-state index contributed by atoms with van der Waals surface area (Å²) in [5.74, 6) is 2.00. The van der Waals surface area contributed by atoms with Crippen molar-refractivity contribution in [2.24, 2.45) is 0 Å². The summed E-state index contributed by atoms with van der Waals surface area (Å²) in [4.78, 5) is 13.3. The summed E-state index contributed by atoms with van der Waals surface area (Å²) in [5, 5.41) is 3.18. The number of halogens is 1. The summed E-state index contributed by atoms with van der Waals surface area (Å²) < 4.78 is 20.8. The second kappa shape index (κ2) is 6.56. The zero-order valence-corrected chi connectivity index (χ0v) is 14.8. The van der Waals surface area contributed by atoms with Gasteiger partial charge in [0.1, 0.15) is 29.0 Å². The van der Waals surface area contributed by atoms with E-state index < -0.39 is 0 Å². The number of para-hydroxylation sites is 2. The molecule has 0 unspecified atom stereocenters. The molecule has 8 heteroatoms. The highest BCUT2D eigenvalue weighted by Crippen LogP contribution is 2.28. The van der Waals surface area contributed by atoms with Gasteiger partial charge in [-0.25, -0.2) is 9.37 Å². The van der Waals surface area contributed by atoms with Crippen molar-refractivity contribution in [2.45, 2.75) is 6.92 Å². The van der Waals surface area contributed by atoms with Gasteiger partial charge in [-0.1, -0.05) is 12.1 Å². The van der Waals surface area contributed by atoms with Crippen LogP contribution in [-0.4, -0.2) is 26.6 Å². The van der Waals surface area contributed by atoms with Crippen molar-refractivity contribution < 1.29 is 9.13 Å². The van der Waals surface area contributed by atoms with Crippen molar-refractivity contribution in [1.29, 1.82) is 0 Å². The van der Waals surface area contributed by atoms with Crippen LogP contribution in [0.4, 0.5) is 21.7 Å². The minimum atomic E-state index is -0.361. The van der Waals surface area contributed by atoms with Gasteiger partial charge >= 0.3 is 0 Å². The molecular weight excluding hydrogens is 347 g/mol. The number of anilines is 3. The summed E-state index contributed by atoms with van der Waals surface area (Å²) in [6.45, 7) is 1.80. The van der Waals surface area contributed by atoms with E-state index in [1.807, 2.05) is 24.3 Å². The van der Waals surface area contributed by atoms with Gasteiger partial charge < -0.3 is 15.8 Å². The van der Waals surface area contributed by atoms with Crippen LogP contribution in [-0.2, 0) is 0 Å². The van der Waals surface area contributed by atoms with Crippen LogP contribution in [0, 0.1) is 12.7 Å². The number of rotatable bonds is 4. The number of hydrogen-bond donors (Lipinski definition) is 2. The molecule has 0 spiro atoms. The monoisotopic (exact) mass is 364 g/mol. The summed E-state index contributed by atoms with van der Waals surface area (Å²) in [6, 6.07) is 13.5. The molecule has 27 heavy (non-hydrogen) atoms. The van der Waals surface area contributed by atoms with Crippen molar-refractivity contribution in [3.05, 3.63) is 60.2 Å². The first-order valence-electron chi connectivity index (χ1n) is 8.25. The second-order valence-electron chi connectivity index (χ2n) is 5.93. The van der Waals surface area contributed by atoms with Crippen LogP contribution in [0.1, 0.15) is 5.82 Å². The second-order valence-corrected chi connectivity index (χ2v) is 5.93. The van der Waals surface area contributed by atoms with Gasteiger partial charge in [0.15, 0.2) is 0 Å². The molecule has 2 aromatic carbocycles. The Hall–Kier alpha value is -3.68. The first kappa shape index (κ1) is 16.8. The number of aromatic nitrogens is 4. The zero-order chi connectivity index (χ0) is 19.0. The van der Waals surface area contributed by atoms with E-state index in [9.17, 15) is 4.39 Å². The lowest BCUT2D eigenvalue weighted by molar-refractivity contribution is 0.417. The largest absolute Gasteiger partial charge is 0.495 e. The SMILES string of the molecule is COc1ccccc1Nc1cc(N)nc(-n2c(C)nc3ccc(F)cc32)n1. The van der Waals surface area contributed by atoms with Crippen molar-refractivity contribution in [3.8, 4) is 11.7 Å². The molecule has 0 amide bonds. The Balaban J connectivity index is 1.82. The van der Waals surface area contributed by atoms with E-state index in [1.165, 1.54) is 12.1 Å². The van der Waals surface area contributed by atoms with Gasteiger partial charge in [0.2, 0.25) is 5.95 Å². The van der Waals surface area contributed by atoms with Gasteiger partial charge in [-0.05, 0) is 31.2 Å². The Kier molecular flexibility index (Phi) is 4.08. The molecule has 0 radical (unpaired) electrons. The molecule has 2 heterocycles. The molecule has 0 saturated heterocycles. The molecule has 0 aliphatic heterocycles. The molecular formula is C19H17FN6O. The van der Waals surface area contributed by atoms with Crippen molar-refractivity contribution in [2.75, 3.05) is 18.2 Å². The highest BCUT2D eigenvalue weighted by atomic mass is 19.1. The smallest absolute Gasteiger partial charge is 0.239 e. The molecule has 0 aliphatic rings. The molecule has 4 aromatic rings. The van der Waals surface area contributed by atoms with Gasteiger partial charge in [0.05, 0.1) is 23.8 Å². The predicted octanol–water partition coefficient (Wildman–Crippen LogP) is 3.60. The minimum absolute atomic E-state index is 0.273. The first-order valence-corrected chi connectivity index (χ1v) is 8.25. The van der Waals surface area contributed by atoms with E-state index in [-0.39, 0.29) is 11.6 Å². The minimum Gasteiger partial charge on any atom is -0.495 e. The number of nitrogens with zero attached hydrogens (tertiary/aromatic N) is 4. The molecule has 136 valence electrons. The van der Waals surface area contributed by atoms with Gasteiger partial charge in [-0.2, -0.15) is 9.97 Å². The lowest BCUT2D eigenvalue weighted by Crippen LogP contribution is -2.08. The summed E-state index contributed by atoms with van der Waals surface area (Å²) in [5.41, 5.74) is 7.94. The lowest BCUT2D eigenvalue weighted by Gasteiger charge is -2.12. The number of aryl methyl sites for hydroxylation is 1. The molecule has 0 atom stereocenters. The fraction of sp³-hybridized carbons (Fsp3) is 0.105. The number of nitrogens with two attached hydrogens (primary N) is 1. The maximum atomic E-state index is 13.7. The number of imidazole rings is 1. The Labute approximate surface area is 154 Å². The lowest BCUT2D eigenvalue weighted by atomic mass is 10.3. The van der Waals surface area contributed by atoms with Crippen LogP contribution >= 0.6 is 0 Å².